The predicted molar refractivity (Wildman–Crippen MR) is 295 cm³/mol. The van der Waals surface area contributed by atoms with E-state index in [4.69, 9.17) is 10.3 Å². The topological polar surface area (TPSA) is 43.1 Å². The average molecular weight is 1180 g/mol. The van der Waals surface area contributed by atoms with Crippen molar-refractivity contribution in [1.82, 2.24) is 9.97 Å². The van der Waals surface area contributed by atoms with E-state index in [1.54, 1.807) is 17.4 Å². The van der Waals surface area contributed by atoms with Crippen molar-refractivity contribution in [1.29, 1.82) is 0 Å². The van der Waals surface area contributed by atoms with E-state index in [-0.39, 0.29) is 37.5 Å². The molecule has 70 heavy (non-hydrogen) atoms. The van der Waals surface area contributed by atoms with E-state index in [0.29, 0.717) is 5.92 Å². The monoisotopic (exact) mass is 1180 g/mol. The number of pyridine rings is 2. The molecule has 0 N–H and O–H groups in total. The Hall–Kier alpha value is -5.70. The molecule has 1 unspecified atom stereocenters. The van der Waals surface area contributed by atoms with Gasteiger partial charge < -0.3 is 10.2 Å². The van der Waals surface area contributed by atoms with Crippen LogP contribution in [0.1, 0.15) is 72.9 Å². The fraction of sp³-hybridized carbons (Fsp3) is 0.226. The normalized spacial score (nSPS) is 13.7. The maximum absolute atomic E-state index is 13.0. The van der Waals surface area contributed by atoms with Crippen LogP contribution in [0.3, 0.4) is 0 Å². The van der Waals surface area contributed by atoms with Crippen molar-refractivity contribution in [3.05, 3.63) is 208 Å². The predicted octanol–water partition coefficient (Wildman–Crippen LogP) is 17.1. The van der Waals surface area contributed by atoms with Gasteiger partial charge in [0.25, 0.3) is 0 Å². The number of halogens is 1. The fourth-order valence-electron chi connectivity index (χ4n) is 10.3. The fourth-order valence-corrected chi connectivity index (χ4v) is 14.9. The minimum Gasteiger partial charge on any atom is -0.661 e. The third-order valence-electron chi connectivity index (χ3n) is 13.8. The van der Waals surface area contributed by atoms with Gasteiger partial charge >= 0.3 is 150 Å². The molecule has 0 fully saturated rings. The molecular weight excluding hydrogens is 1120 g/mol. The van der Waals surface area contributed by atoms with Gasteiger partial charge in [0.1, 0.15) is 4.83 Å². The van der Waals surface area contributed by atoms with Crippen molar-refractivity contribution in [3.63, 3.8) is 0 Å². The number of hydrogen-bond donors (Lipinski definition) is 0. The minimum atomic E-state index is -1.93. The van der Waals surface area contributed by atoms with Crippen molar-refractivity contribution in [2.24, 2.45) is 5.92 Å². The van der Waals surface area contributed by atoms with Crippen LogP contribution in [0.2, 0.25) is 17.3 Å². The van der Waals surface area contributed by atoms with Crippen LogP contribution in [0.15, 0.2) is 146 Å². The number of anilines is 2. The maximum Gasteiger partial charge on any atom is 3.00 e. The van der Waals surface area contributed by atoms with Crippen LogP contribution in [0.5, 0.6) is 0 Å². The zero-order valence-corrected chi connectivity index (χ0v) is 46.9. The van der Waals surface area contributed by atoms with Crippen LogP contribution in [0.25, 0.3) is 58.4 Å². The second kappa shape index (κ2) is 19.5. The van der Waals surface area contributed by atoms with Gasteiger partial charge in [0.2, 0.25) is 0 Å². The number of rotatable bonds is 8. The Morgan fingerprint density at radius 1 is 0.729 bits per heavy atom. The van der Waals surface area contributed by atoms with Crippen LogP contribution < -0.4 is 9.30 Å². The molecule has 7 aromatic carbocycles. The number of benzene rings is 7. The summed E-state index contributed by atoms with van der Waals surface area (Å²) >= 11 is -0.152. The van der Waals surface area contributed by atoms with Crippen LogP contribution in [-0.4, -0.2) is 23.2 Å². The zero-order chi connectivity index (χ0) is 48.4. The van der Waals surface area contributed by atoms with Crippen molar-refractivity contribution < 1.29 is 24.5 Å². The molecule has 0 amide bonds. The number of para-hydroxylation sites is 1. The number of hydrogen-bond acceptors (Lipinski definition) is 4. The molecule has 0 aliphatic carbocycles. The molecule has 0 spiro atoms. The molecule has 1 aliphatic heterocycles. The maximum atomic E-state index is 13.0. The van der Waals surface area contributed by atoms with E-state index in [1.165, 1.54) is 92.7 Å². The molecule has 0 saturated carbocycles. The van der Waals surface area contributed by atoms with Crippen molar-refractivity contribution in [2.75, 3.05) is 4.90 Å². The second-order valence-electron chi connectivity index (χ2n) is 20.6. The molecule has 8 heteroatoms. The molecule has 1 aliphatic rings. The van der Waals surface area contributed by atoms with Gasteiger partial charge in [0.15, 0.2) is 0 Å². The van der Waals surface area contributed by atoms with Crippen molar-refractivity contribution in [2.45, 2.75) is 83.7 Å². The summed E-state index contributed by atoms with van der Waals surface area (Å²) in [5.41, 5.74) is 13.4. The smallest absolute Gasteiger partial charge is 0.661 e. The van der Waals surface area contributed by atoms with E-state index in [9.17, 15) is 4.39 Å². The zero-order valence-electron chi connectivity index (χ0n) is 41.6. The summed E-state index contributed by atoms with van der Waals surface area (Å²) in [6.07, 6.45) is 2.82. The molecule has 4 heterocycles. The number of fused-ring (bicyclic) bond motifs is 9. The largest absolute Gasteiger partial charge is 3.00 e. The van der Waals surface area contributed by atoms with Crippen molar-refractivity contribution >= 4 is 87.9 Å². The van der Waals surface area contributed by atoms with Crippen LogP contribution in [0, 0.1) is 44.6 Å². The Morgan fingerprint density at radius 2 is 1.39 bits per heavy atom. The van der Waals surface area contributed by atoms with Gasteiger partial charge in [-0.3, -0.25) is 0 Å². The molecule has 352 valence electrons. The third kappa shape index (κ3) is 9.00. The number of thiophene rings is 1. The second-order valence-corrected chi connectivity index (χ2v) is 32.2. The summed E-state index contributed by atoms with van der Waals surface area (Å²) in [7, 11) is 0. The van der Waals surface area contributed by atoms with E-state index in [1.807, 2.05) is 6.20 Å². The Kier molecular flexibility index (Phi) is 13.7. The van der Waals surface area contributed by atoms with Gasteiger partial charge in [-0.15, -0.1) is 22.2 Å². The Balaban J connectivity index is 0.000000234. The molecule has 0 radical (unpaired) electrons. The van der Waals surface area contributed by atoms with Gasteiger partial charge in [-0.1, -0.05) is 129 Å². The molecule has 4 nitrogen and oxygen atoms in total. The van der Waals surface area contributed by atoms with E-state index >= 15 is 0 Å². The SMILES string of the molecule is CC(C)Cc1cc(-c2[c-]cc(F)cc2)nc[c]1[Ge]([CH3])([CH3])[CH3].Cc1cccc(C)c1N1c2c(c3ccccc3c3ccccc23)[N-]C1c1[c-]cc(C)c2c1sc1nc(C(C)(C)c3ccccc3)ccc12.[Ir+3]. The van der Waals surface area contributed by atoms with Gasteiger partial charge in [-0.2, -0.15) is 23.5 Å². The Morgan fingerprint density at radius 3 is 2.04 bits per heavy atom. The van der Waals surface area contributed by atoms with Gasteiger partial charge in [0.05, 0.1) is 5.69 Å². The van der Waals surface area contributed by atoms with Gasteiger partial charge in [-0.25, -0.2) is 4.98 Å². The molecule has 0 saturated heterocycles. The first-order valence-corrected chi connectivity index (χ1v) is 32.2. The van der Waals surface area contributed by atoms with Gasteiger partial charge in [0, 0.05) is 22.2 Å². The first kappa shape index (κ1) is 49.3. The number of aromatic nitrogens is 2. The van der Waals surface area contributed by atoms with Gasteiger partial charge in [-0.05, 0) is 64.3 Å². The summed E-state index contributed by atoms with van der Waals surface area (Å²) in [4.78, 5) is 13.5. The molecule has 3 aromatic heterocycles. The first-order chi connectivity index (χ1) is 33.1. The van der Waals surface area contributed by atoms with Crippen LogP contribution in [-0.2, 0) is 31.9 Å². The first-order valence-electron chi connectivity index (χ1n) is 24.1. The third-order valence-corrected chi connectivity index (χ3v) is 19.3. The summed E-state index contributed by atoms with van der Waals surface area (Å²) in [5.74, 6) is 7.53. The molecule has 0 bridgehead atoms. The standard InChI is InChI=1S/C44H35N3S.C18H23FGeN.Ir/c1-26-22-23-35(41-37(26)34-24-25-36(45-43(34)48-41)44(4,5)29-16-7-6-8-17-29)42-46-38-32-20-11-9-18-30(32)31-19-10-12-21-33(31)40(38)47(42)39-27(2)14-13-15-28(39)3;1-13(2)10-15-11-18(14-6-8-16(19)9-7-14)21-12-17(15)20(3,4)5;/h6-22,24-25,42H,1-5H3;6,8-9,11-13H,10H2,1-5H3;/q-2;-1;+3. The van der Waals surface area contributed by atoms with E-state index in [2.05, 4.69) is 209 Å². The molecule has 11 rings (SSSR count). The molecular formula is C62H58FGeIrN4S. The summed E-state index contributed by atoms with van der Waals surface area (Å²) in [6, 6.07) is 54.9. The average Bonchev–Trinajstić information content (AvgIpc) is 3.92. The van der Waals surface area contributed by atoms with Crippen LogP contribution >= 0.6 is 11.3 Å². The Labute approximate surface area is 433 Å². The molecule has 10 aromatic rings. The van der Waals surface area contributed by atoms with Crippen LogP contribution in [0.4, 0.5) is 21.5 Å². The number of nitrogens with zero attached hydrogens (tertiary/aromatic N) is 4. The number of aryl methyl sites for hydroxylation is 3. The summed E-state index contributed by atoms with van der Waals surface area (Å²) in [5, 5.41) is 13.0. The molecule has 1 atom stereocenters. The summed E-state index contributed by atoms with van der Waals surface area (Å²) in [6.45, 7) is 15.6. The summed E-state index contributed by atoms with van der Waals surface area (Å²) < 4.78 is 15.7. The Bertz CT molecular complexity index is 3540. The minimum absolute atomic E-state index is 0. The van der Waals surface area contributed by atoms with E-state index in [0.717, 1.165) is 39.5 Å². The van der Waals surface area contributed by atoms with Crippen molar-refractivity contribution in [3.8, 4) is 11.3 Å². The van der Waals surface area contributed by atoms with E-state index < -0.39 is 13.3 Å². The quantitative estimate of drug-likeness (QED) is 0.0865.